The highest BCUT2D eigenvalue weighted by atomic mass is 16.6. The summed E-state index contributed by atoms with van der Waals surface area (Å²) in [4.78, 5) is 23.2. The van der Waals surface area contributed by atoms with Gasteiger partial charge in [-0.2, -0.15) is 0 Å². The van der Waals surface area contributed by atoms with Crippen molar-refractivity contribution >= 4 is 17.3 Å². The van der Waals surface area contributed by atoms with E-state index in [0.29, 0.717) is 17.8 Å². The number of carbonyl (C=O) groups is 1. The fourth-order valence-electron chi connectivity index (χ4n) is 6.05. The summed E-state index contributed by atoms with van der Waals surface area (Å²) in [5.41, 5.74) is 1.40. The minimum absolute atomic E-state index is 0.0650. The van der Waals surface area contributed by atoms with Gasteiger partial charge in [0.1, 0.15) is 0 Å². The summed E-state index contributed by atoms with van der Waals surface area (Å²) >= 11 is 0. The van der Waals surface area contributed by atoms with E-state index in [1.54, 1.807) is 6.92 Å². The van der Waals surface area contributed by atoms with Gasteiger partial charge in [-0.15, -0.1) is 0 Å². The number of anilines is 1. The average Bonchev–Trinajstić information content (AvgIpc) is 2.60. The van der Waals surface area contributed by atoms with E-state index >= 15 is 0 Å². The number of carbonyl (C=O) groups excluding carboxylic acids is 1. The topological polar surface area (TPSA) is 98.1 Å². The lowest BCUT2D eigenvalue weighted by atomic mass is 9.53. The Hall–Kier alpha value is -2.15. The van der Waals surface area contributed by atoms with Crippen LogP contribution in [0.2, 0.25) is 0 Å². The molecule has 4 saturated carbocycles. The maximum Gasteiger partial charge on any atom is 0.311 e. The van der Waals surface area contributed by atoms with Crippen molar-refractivity contribution < 1.29 is 19.8 Å². The summed E-state index contributed by atoms with van der Waals surface area (Å²) in [7, 11) is 1.39. The number of amides is 1. The van der Waals surface area contributed by atoms with Crippen LogP contribution < -0.4 is 15.4 Å². The van der Waals surface area contributed by atoms with E-state index in [4.69, 9.17) is 4.74 Å². The van der Waals surface area contributed by atoms with E-state index in [1.807, 2.05) is 0 Å². The number of nitro benzene ring substituents is 1. The van der Waals surface area contributed by atoms with Crippen LogP contribution in [0.15, 0.2) is 12.1 Å². The Bertz CT molecular complexity index is 741. The number of ether oxygens (including phenoxy) is 1. The number of benzene rings is 1. The lowest BCUT2D eigenvalue weighted by molar-refractivity contribution is -0.729. The van der Waals surface area contributed by atoms with Gasteiger partial charge in [0.25, 0.3) is 5.91 Å². The molecule has 5 rings (SSSR count). The zero-order valence-electron chi connectivity index (χ0n) is 16.0. The Morgan fingerprint density at radius 1 is 1.26 bits per heavy atom. The molecule has 0 radical (unpaired) electrons. The van der Waals surface area contributed by atoms with Crippen molar-refractivity contribution in [3.63, 3.8) is 0 Å². The summed E-state index contributed by atoms with van der Waals surface area (Å²) < 4.78 is 5.11. The molecule has 27 heavy (non-hydrogen) atoms. The van der Waals surface area contributed by atoms with E-state index in [9.17, 15) is 14.9 Å². The largest absolute Gasteiger partial charge is 0.490 e. The van der Waals surface area contributed by atoms with Crippen LogP contribution in [-0.2, 0) is 4.79 Å². The molecule has 0 aromatic heterocycles. The van der Waals surface area contributed by atoms with Gasteiger partial charge in [0, 0.05) is 37.1 Å². The van der Waals surface area contributed by atoms with Gasteiger partial charge in [-0.05, 0) is 49.5 Å². The smallest absolute Gasteiger partial charge is 0.311 e. The van der Waals surface area contributed by atoms with Crippen molar-refractivity contribution in [2.45, 2.75) is 51.0 Å². The van der Waals surface area contributed by atoms with E-state index in [1.165, 1.54) is 57.8 Å². The van der Waals surface area contributed by atoms with Crippen LogP contribution >= 0.6 is 0 Å². The zero-order chi connectivity index (χ0) is 19.2. The molecule has 0 heterocycles. The van der Waals surface area contributed by atoms with E-state index in [2.05, 4.69) is 10.6 Å². The molecule has 0 aliphatic heterocycles. The van der Waals surface area contributed by atoms with Crippen molar-refractivity contribution in [1.82, 2.24) is 0 Å². The molecule has 0 spiro atoms. The molecule has 0 saturated heterocycles. The Labute approximate surface area is 159 Å². The van der Waals surface area contributed by atoms with Crippen LogP contribution in [0.4, 0.5) is 11.4 Å². The maximum atomic E-state index is 12.6. The number of hydrogen-bond acceptors (Lipinski definition) is 4. The van der Waals surface area contributed by atoms with Gasteiger partial charge in [-0.1, -0.05) is 0 Å². The average molecular weight is 374 g/mol. The number of nitrogens with one attached hydrogen (secondary N) is 1. The summed E-state index contributed by atoms with van der Waals surface area (Å²) in [6, 6.07) is 2.98. The first-order valence-corrected chi connectivity index (χ1v) is 9.85. The molecule has 4 fully saturated rings. The normalized spacial score (nSPS) is 31.0. The quantitative estimate of drug-likeness (QED) is 0.590. The molecule has 7 nitrogen and oxygen atoms in total. The molecular weight excluding hydrogens is 346 g/mol. The second-order valence-electron chi connectivity index (χ2n) is 8.83. The van der Waals surface area contributed by atoms with E-state index in [0.717, 1.165) is 17.8 Å². The van der Waals surface area contributed by atoms with Gasteiger partial charge in [0.15, 0.2) is 12.3 Å². The number of quaternary nitrogens is 1. The molecule has 1 aromatic carbocycles. The lowest BCUT2D eigenvalue weighted by Crippen LogP contribution is -3.00. The van der Waals surface area contributed by atoms with Crippen molar-refractivity contribution in [2.75, 3.05) is 19.0 Å². The number of methoxy groups -OCH3 is 1. The summed E-state index contributed by atoms with van der Waals surface area (Å²) in [5.74, 6) is 2.67. The van der Waals surface area contributed by atoms with Crippen LogP contribution in [0.1, 0.15) is 44.1 Å². The second-order valence-corrected chi connectivity index (χ2v) is 8.83. The number of nitrogens with two attached hydrogens (primary N) is 1. The molecule has 4 bridgehead atoms. The summed E-state index contributed by atoms with van der Waals surface area (Å²) in [6.07, 6.45) is 7.91. The van der Waals surface area contributed by atoms with Crippen LogP contribution in [0, 0.1) is 34.8 Å². The molecule has 0 unspecified atom stereocenters. The fourth-order valence-corrected chi connectivity index (χ4v) is 6.05. The van der Waals surface area contributed by atoms with Gasteiger partial charge in [-0.3, -0.25) is 14.9 Å². The van der Waals surface area contributed by atoms with Gasteiger partial charge >= 0.3 is 5.69 Å². The molecule has 0 atom stereocenters. The molecule has 3 N–H and O–H groups in total. The third-order valence-corrected chi connectivity index (χ3v) is 6.80. The Balaban J connectivity index is 1.41. The third kappa shape index (κ3) is 3.52. The predicted octanol–water partition coefficient (Wildman–Crippen LogP) is 2.38. The first-order chi connectivity index (χ1) is 12.9. The van der Waals surface area contributed by atoms with Gasteiger partial charge in [0.05, 0.1) is 17.6 Å². The van der Waals surface area contributed by atoms with Crippen molar-refractivity contribution in [1.29, 1.82) is 0 Å². The van der Waals surface area contributed by atoms with E-state index < -0.39 is 4.92 Å². The molecule has 1 amide bonds. The first-order valence-electron chi connectivity index (χ1n) is 9.85. The van der Waals surface area contributed by atoms with Gasteiger partial charge < -0.3 is 15.4 Å². The first kappa shape index (κ1) is 18.2. The standard InChI is InChI=1S/C20H27N3O4/c1-12-3-17(23(25)26)18(27-2)7-16(12)22-19(24)11-21-20-8-13-4-14(9-20)6-15(5-13)10-20/h3,7,13-15,21H,4-6,8-11H2,1-2H3,(H,22,24)/p+1. The summed E-state index contributed by atoms with van der Waals surface area (Å²) in [6.45, 7) is 2.15. The van der Waals surface area contributed by atoms with E-state index in [-0.39, 0.29) is 22.9 Å². The highest BCUT2D eigenvalue weighted by Gasteiger charge is 2.53. The zero-order valence-corrected chi connectivity index (χ0v) is 16.0. The molecule has 7 heteroatoms. The SMILES string of the molecule is COc1cc(NC(=O)C[NH2+]C23CC4CC(CC(C4)C2)C3)c(C)cc1[N+](=O)[O-]. The van der Waals surface area contributed by atoms with Crippen molar-refractivity contribution in [3.8, 4) is 5.75 Å². The van der Waals surface area contributed by atoms with Crippen LogP contribution in [0.25, 0.3) is 0 Å². The van der Waals surface area contributed by atoms with Crippen molar-refractivity contribution in [3.05, 3.63) is 27.8 Å². The number of nitro groups is 1. The Kier molecular flexibility index (Phi) is 4.58. The number of nitrogens with zero attached hydrogens (tertiary/aromatic N) is 1. The number of hydrogen-bond donors (Lipinski definition) is 2. The van der Waals surface area contributed by atoms with Gasteiger partial charge in [0.2, 0.25) is 0 Å². The van der Waals surface area contributed by atoms with Gasteiger partial charge in [-0.25, -0.2) is 0 Å². The van der Waals surface area contributed by atoms with Crippen molar-refractivity contribution in [2.24, 2.45) is 17.8 Å². The number of rotatable bonds is 6. The van der Waals surface area contributed by atoms with Crippen LogP contribution in [0.5, 0.6) is 5.75 Å². The molecule has 1 aromatic rings. The Morgan fingerprint density at radius 2 is 1.85 bits per heavy atom. The third-order valence-electron chi connectivity index (χ3n) is 6.80. The molecule has 4 aliphatic carbocycles. The minimum Gasteiger partial charge on any atom is -0.490 e. The molecule has 146 valence electrons. The fraction of sp³-hybridized carbons (Fsp3) is 0.650. The highest BCUT2D eigenvalue weighted by Crippen LogP contribution is 2.54. The Morgan fingerprint density at radius 3 is 2.37 bits per heavy atom. The lowest BCUT2D eigenvalue weighted by Gasteiger charge is -2.54. The second kappa shape index (κ2) is 6.78. The summed E-state index contributed by atoms with van der Waals surface area (Å²) in [5, 5.41) is 16.3. The molecular formula is C20H28N3O4+. The maximum absolute atomic E-state index is 12.6. The van der Waals surface area contributed by atoms with Crippen LogP contribution in [-0.4, -0.2) is 30.0 Å². The predicted molar refractivity (Wildman–Crippen MR) is 101 cm³/mol. The van der Waals surface area contributed by atoms with Crippen LogP contribution in [0.3, 0.4) is 0 Å². The highest BCUT2D eigenvalue weighted by molar-refractivity contribution is 5.92. The minimum atomic E-state index is -0.474. The molecule has 4 aliphatic rings. The monoisotopic (exact) mass is 374 g/mol. The number of aryl methyl sites for hydroxylation is 1.